The van der Waals surface area contributed by atoms with Crippen LogP contribution in [-0.4, -0.2) is 22.9 Å². The first-order valence-electron chi connectivity index (χ1n) is 7.13. The standard InChI is InChI=1S/C16H22ClN3/c1-3-18-11-14(15-6-4-5-7-16(15)17)9-8-13-10-19-20(2)12-13/h4-7,10,12,14,18H,3,8-9,11H2,1-2H3. The molecule has 0 aliphatic rings. The SMILES string of the molecule is CCNCC(CCc1cnn(C)c1)c1ccccc1Cl. The Balaban J connectivity index is 2.05. The second-order valence-corrected chi connectivity index (χ2v) is 5.49. The van der Waals surface area contributed by atoms with E-state index in [1.807, 2.05) is 30.1 Å². The Morgan fingerprint density at radius 1 is 1.35 bits per heavy atom. The third-order valence-corrected chi connectivity index (χ3v) is 3.87. The summed E-state index contributed by atoms with van der Waals surface area (Å²) >= 11 is 6.34. The Hall–Kier alpha value is -1.32. The van der Waals surface area contributed by atoms with E-state index < -0.39 is 0 Å². The molecule has 0 aliphatic carbocycles. The largest absolute Gasteiger partial charge is 0.316 e. The highest BCUT2D eigenvalue weighted by atomic mass is 35.5. The van der Waals surface area contributed by atoms with Crippen molar-refractivity contribution in [1.82, 2.24) is 15.1 Å². The van der Waals surface area contributed by atoms with Gasteiger partial charge >= 0.3 is 0 Å². The molecule has 3 nitrogen and oxygen atoms in total. The zero-order valence-electron chi connectivity index (χ0n) is 12.1. The van der Waals surface area contributed by atoms with E-state index in [4.69, 9.17) is 11.6 Å². The van der Waals surface area contributed by atoms with Crippen molar-refractivity contribution in [1.29, 1.82) is 0 Å². The molecular formula is C16H22ClN3. The van der Waals surface area contributed by atoms with E-state index in [0.717, 1.165) is 31.0 Å². The van der Waals surface area contributed by atoms with Crippen LogP contribution in [0.1, 0.15) is 30.4 Å². The number of nitrogens with one attached hydrogen (secondary N) is 1. The molecule has 20 heavy (non-hydrogen) atoms. The summed E-state index contributed by atoms with van der Waals surface area (Å²) in [4.78, 5) is 0. The molecule has 0 fully saturated rings. The second kappa shape index (κ2) is 7.46. The fourth-order valence-electron chi connectivity index (χ4n) is 2.43. The second-order valence-electron chi connectivity index (χ2n) is 5.09. The molecular weight excluding hydrogens is 270 g/mol. The van der Waals surface area contributed by atoms with Gasteiger partial charge in [0.05, 0.1) is 6.20 Å². The van der Waals surface area contributed by atoms with E-state index in [1.165, 1.54) is 11.1 Å². The number of rotatable bonds is 7. The molecule has 4 heteroatoms. The van der Waals surface area contributed by atoms with Crippen LogP contribution >= 0.6 is 11.6 Å². The number of aryl methyl sites for hydroxylation is 2. The van der Waals surface area contributed by atoms with Crippen LogP contribution in [0, 0.1) is 0 Å². The van der Waals surface area contributed by atoms with E-state index in [1.54, 1.807) is 0 Å². The molecule has 0 saturated carbocycles. The van der Waals surface area contributed by atoms with Gasteiger partial charge in [-0.15, -0.1) is 0 Å². The number of aromatic nitrogens is 2. The van der Waals surface area contributed by atoms with Crippen LogP contribution < -0.4 is 5.32 Å². The monoisotopic (exact) mass is 291 g/mol. The van der Waals surface area contributed by atoms with Crippen molar-refractivity contribution in [3.8, 4) is 0 Å². The maximum Gasteiger partial charge on any atom is 0.0521 e. The van der Waals surface area contributed by atoms with Crippen molar-refractivity contribution in [3.63, 3.8) is 0 Å². The van der Waals surface area contributed by atoms with Gasteiger partial charge in [-0.1, -0.05) is 36.7 Å². The van der Waals surface area contributed by atoms with E-state index >= 15 is 0 Å². The number of benzene rings is 1. The summed E-state index contributed by atoms with van der Waals surface area (Å²) < 4.78 is 1.85. The first kappa shape index (κ1) is 15.1. The highest BCUT2D eigenvalue weighted by Gasteiger charge is 2.14. The Morgan fingerprint density at radius 3 is 2.80 bits per heavy atom. The average molecular weight is 292 g/mol. The molecule has 1 aromatic carbocycles. The number of halogens is 1. The highest BCUT2D eigenvalue weighted by molar-refractivity contribution is 6.31. The maximum atomic E-state index is 6.34. The van der Waals surface area contributed by atoms with Crippen LogP contribution in [0.5, 0.6) is 0 Å². The van der Waals surface area contributed by atoms with Gasteiger partial charge in [0.15, 0.2) is 0 Å². The van der Waals surface area contributed by atoms with Gasteiger partial charge in [0, 0.05) is 24.8 Å². The Morgan fingerprint density at radius 2 is 2.15 bits per heavy atom. The van der Waals surface area contributed by atoms with Gasteiger partial charge < -0.3 is 5.32 Å². The number of nitrogens with zero attached hydrogens (tertiary/aromatic N) is 2. The summed E-state index contributed by atoms with van der Waals surface area (Å²) in [7, 11) is 1.95. The summed E-state index contributed by atoms with van der Waals surface area (Å²) in [6, 6.07) is 8.15. The van der Waals surface area contributed by atoms with Crippen molar-refractivity contribution < 1.29 is 0 Å². The van der Waals surface area contributed by atoms with Crippen molar-refractivity contribution in [2.24, 2.45) is 7.05 Å². The van der Waals surface area contributed by atoms with Crippen LogP contribution in [0.3, 0.4) is 0 Å². The minimum Gasteiger partial charge on any atom is -0.316 e. The first-order valence-corrected chi connectivity index (χ1v) is 7.51. The molecule has 2 aromatic rings. The van der Waals surface area contributed by atoms with E-state index in [0.29, 0.717) is 5.92 Å². The fourth-order valence-corrected chi connectivity index (χ4v) is 2.72. The van der Waals surface area contributed by atoms with E-state index in [-0.39, 0.29) is 0 Å². The Kier molecular flexibility index (Phi) is 5.62. The van der Waals surface area contributed by atoms with Gasteiger partial charge in [0.2, 0.25) is 0 Å². The van der Waals surface area contributed by atoms with Gasteiger partial charge in [-0.25, -0.2) is 0 Å². The molecule has 0 amide bonds. The molecule has 0 radical (unpaired) electrons. The smallest absolute Gasteiger partial charge is 0.0521 e. The van der Waals surface area contributed by atoms with Gasteiger partial charge in [0.1, 0.15) is 0 Å². The highest BCUT2D eigenvalue weighted by Crippen LogP contribution is 2.27. The summed E-state index contributed by atoms with van der Waals surface area (Å²) in [5.74, 6) is 0.434. The number of hydrogen-bond acceptors (Lipinski definition) is 2. The van der Waals surface area contributed by atoms with E-state index in [9.17, 15) is 0 Å². The molecule has 1 atom stereocenters. The van der Waals surface area contributed by atoms with E-state index in [2.05, 4.69) is 35.7 Å². The quantitative estimate of drug-likeness (QED) is 0.847. The average Bonchev–Trinajstić information content (AvgIpc) is 2.86. The molecule has 0 spiro atoms. The summed E-state index contributed by atoms with van der Waals surface area (Å²) in [5.41, 5.74) is 2.51. The van der Waals surface area contributed by atoms with Gasteiger partial charge in [0.25, 0.3) is 0 Å². The topological polar surface area (TPSA) is 29.9 Å². The van der Waals surface area contributed by atoms with Crippen LogP contribution in [0.2, 0.25) is 5.02 Å². The third-order valence-electron chi connectivity index (χ3n) is 3.53. The van der Waals surface area contributed by atoms with Crippen molar-refractivity contribution >= 4 is 11.6 Å². The van der Waals surface area contributed by atoms with Crippen LogP contribution in [0.25, 0.3) is 0 Å². The minimum atomic E-state index is 0.434. The van der Waals surface area contributed by atoms with Crippen LogP contribution in [-0.2, 0) is 13.5 Å². The lowest BCUT2D eigenvalue weighted by Gasteiger charge is -2.18. The van der Waals surface area contributed by atoms with Crippen molar-refractivity contribution in [3.05, 3.63) is 52.8 Å². The maximum absolute atomic E-state index is 6.34. The lowest BCUT2D eigenvalue weighted by Crippen LogP contribution is -2.22. The molecule has 1 N–H and O–H groups in total. The first-order chi connectivity index (χ1) is 9.70. The molecule has 108 valence electrons. The minimum absolute atomic E-state index is 0.434. The number of likely N-dealkylation sites (N-methyl/N-ethyl adjacent to an activating group) is 1. The molecule has 0 saturated heterocycles. The van der Waals surface area contributed by atoms with Gasteiger partial charge in [-0.05, 0) is 42.5 Å². The number of hydrogen-bond donors (Lipinski definition) is 1. The predicted octanol–water partition coefficient (Wildman–Crippen LogP) is 3.40. The molecule has 0 aliphatic heterocycles. The molecule has 0 bridgehead atoms. The summed E-state index contributed by atoms with van der Waals surface area (Å²) in [6.45, 7) is 4.07. The van der Waals surface area contributed by atoms with Crippen LogP contribution in [0.15, 0.2) is 36.7 Å². The summed E-state index contributed by atoms with van der Waals surface area (Å²) in [6.07, 6.45) is 6.12. The lowest BCUT2D eigenvalue weighted by molar-refractivity contribution is 0.562. The molecule has 1 unspecified atom stereocenters. The summed E-state index contributed by atoms with van der Waals surface area (Å²) in [5, 5.41) is 8.52. The lowest BCUT2D eigenvalue weighted by atomic mass is 9.93. The zero-order chi connectivity index (χ0) is 14.4. The third kappa shape index (κ3) is 4.09. The molecule has 2 rings (SSSR count). The zero-order valence-corrected chi connectivity index (χ0v) is 12.9. The van der Waals surface area contributed by atoms with Crippen molar-refractivity contribution in [2.75, 3.05) is 13.1 Å². The van der Waals surface area contributed by atoms with Gasteiger partial charge in [-0.3, -0.25) is 4.68 Å². The Bertz CT molecular complexity index is 536. The van der Waals surface area contributed by atoms with Gasteiger partial charge in [-0.2, -0.15) is 5.10 Å². The normalized spacial score (nSPS) is 12.6. The van der Waals surface area contributed by atoms with Crippen LogP contribution in [0.4, 0.5) is 0 Å². The van der Waals surface area contributed by atoms with Crippen molar-refractivity contribution in [2.45, 2.75) is 25.7 Å². The predicted molar refractivity (Wildman–Crippen MR) is 84.3 cm³/mol. The fraction of sp³-hybridized carbons (Fsp3) is 0.438. The molecule has 1 heterocycles. The Labute approximate surface area is 126 Å². The molecule has 1 aromatic heterocycles.